The highest BCUT2D eigenvalue weighted by Gasteiger charge is 2.28. The topological polar surface area (TPSA) is 71.5 Å². The summed E-state index contributed by atoms with van der Waals surface area (Å²) in [6.45, 7) is 3.41. The maximum absolute atomic E-state index is 12.6. The summed E-state index contributed by atoms with van der Waals surface area (Å²) in [5.74, 6) is 0.541. The molecular formula is C13H21N3O3S. The monoisotopic (exact) mass is 299 g/mol. The third-order valence-electron chi connectivity index (χ3n) is 3.41. The van der Waals surface area contributed by atoms with Gasteiger partial charge in [-0.3, -0.25) is 0 Å². The average molecular weight is 299 g/mol. The zero-order chi connectivity index (χ0) is 14.6. The van der Waals surface area contributed by atoms with Crippen LogP contribution in [-0.2, 0) is 14.8 Å². The molecule has 1 aromatic rings. The van der Waals surface area contributed by atoms with Crippen molar-refractivity contribution in [2.24, 2.45) is 0 Å². The summed E-state index contributed by atoms with van der Waals surface area (Å²) in [5, 5.41) is 2.85. The minimum atomic E-state index is -3.50. The number of nitrogens with one attached hydrogen (secondary N) is 1. The van der Waals surface area contributed by atoms with Gasteiger partial charge in [0, 0.05) is 39.0 Å². The highest BCUT2D eigenvalue weighted by molar-refractivity contribution is 7.89. The van der Waals surface area contributed by atoms with E-state index in [1.807, 2.05) is 6.92 Å². The molecule has 0 aromatic carbocycles. The van der Waals surface area contributed by atoms with Crippen LogP contribution in [0, 0.1) is 0 Å². The second kappa shape index (κ2) is 6.51. The van der Waals surface area contributed by atoms with E-state index in [-0.39, 0.29) is 11.0 Å². The summed E-state index contributed by atoms with van der Waals surface area (Å²) in [6, 6.07) is 3.07. The lowest BCUT2D eigenvalue weighted by Gasteiger charge is -2.23. The van der Waals surface area contributed by atoms with Crippen molar-refractivity contribution in [1.29, 1.82) is 0 Å². The molecule has 2 heterocycles. The van der Waals surface area contributed by atoms with Gasteiger partial charge in [0.1, 0.15) is 5.82 Å². The van der Waals surface area contributed by atoms with Crippen LogP contribution >= 0.6 is 0 Å². The molecule has 1 aromatic heterocycles. The molecule has 1 saturated heterocycles. The van der Waals surface area contributed by atoms with Crippen molar-refractivity contribution in [1.82, 2.24) is 9.29 Å². The minimum absolute atomic E-state index is 0.00957. The number of hydrogen-bond acceptors (Lipinski definition) is 5. The molecule has 1 aliphatic rings. The lowest BCUT2D eigenvalue weighted by Crippen LogP contribution is -2.37. The fourth-order valence-electron chi connectivity index (χ4n) is 2.27. The Kier molecular flexibility index (Phi) is 4.95. The van der Waals surface area contributed by atoms with E-state index in [9.17, 15) is 8.42 Å². The number of pyridine rings is 1. The first-order valence-corrected chi connectivity index (χ1v) is 8.27. The van der Waals surface area contributed by atoms with Gasteiger partial charge in [0.25, 0.3) is 0 Å². The van der Waals surface area contributed by atoms with Crippen LogP contribution in [0.1, 0.15) is 19.8 Å². The largest absolute Gasteiger partial charge is 0.377 e. The fraction of sp³-hybridized carbons (Fsp3) is 0.615. The van der Waals surface area contributed by atoms with Gasteiger partial charge in [0.15, 0.2) is 0 Å². The fourth-order valence-corrected chi connectivity index (χ4v) is 3.76. The molecule has 1 fully saturated rings. The highest BCUT2D eigenvalue weighted by Crippen LogP contribution is 2.21. The van der Waals surface area contributed by atoms with Crippen molar-refractivity contribution < 1.29 is 13.2 Å². The van der Waals surface area contributed by atoms with Gasteiger partial charge in [0.05, 0.1) is 11.0 Å². The molecule has 1 N–H and O–H groups in total. The molecule has 1 aliphatic heterocycles. The summed E-state index contributed by atoms with van der Waals surface area (Å²) >= 11 is 0. The average Bonchev–Trinajstić information content (AvgIpc) is 2.97. The predicted molar refractivity (Wildman–Crippen MR) is 77.2 cm³/mol. The Bertz CT molecular complexity index is 542. The summed E-state index contributed by atoms with van der Waals surface area (Å²) in [4.78, 5) is 4.30. The van der Waals surface area contributed by atoms with Crippen molar-refractivity contribution >= 4 is 15.8 Å². The van der Waals surface area contributed by atoms with E-state index in [1.54, 1.807) is 13.1 Å². The van der Waals surface area contributed by atoms with Gasteiger partial charge in [-0.2, -0.15) is 4.31 Å². The number of hydrogen-bond donors (Lipinski definition) is 1. The Balaban J connectivity index is 2.21. The first kappa shape index (κ1) is 15.2. The van der Waals surface area contributed by atoms with Crippen LogP contribution in [0.4, 0.5) is 5.82 Å². The van der Waals surface area contributed by atoms with Crippen molar-refractivity contribution in [3.63, 3.8) is 0 Å². The lowest BCUT2D eigenvalue weighted by atomic mass is 10.2. The Morgan fingerprint density at radius 2 is 2.35 bits per heavy atom. The summed E-state index contributed by atoms with van der Waals surface area (Å²) < 4.78 is 32.3. The molecule has 0 spiro atoms. The van der Waals surface area contributed by atoms with Crippen LogP contribution < -0.4 is 5.32 Å². The van der Waals surface area contributed by atoms with Crippen molar-refractivity contribution in [3.8, 4) is 0 Å². The number of likely N-dealkylation sites (N-methyl/N-ethyl adjacent to an activating group) is 1. The van der Waals surface area contributed by atoms with Crippen LogP contribution in [0.3, 0.4) is 0 Å². The van der Waals surface area contributed by atoms with Crippen molar-refractivity contribution in [3.05, 3.63) is 18.3 Å². The summed E-state index contributed by atoms with van der Waals surface area (Å²) in [6.07, 6.45) is 3.43. The highest BCUT2D eigenvalue weighted by atomic mass is 32.2. The number of anilines is 1. The van der Waals surface area contributed by atoms with Gasteiger partial charge in [-0.25, -0.2) is 13.4 Å². The molecule has 20 heavy (non-hydrogen) atoms. The van der Waals surface area contributed by atoms with E-state index < -0.39 is 10.0 Å². The van der Waals surface area contributed by atoms with E-state index in [2.05, 4.69) is 10.3 Å². The van der Waals surface area contributed by atoms with E-state index in [0.29, 0.717) is 18.9 Å². The Morgan fingerprint density at radius 1 is 1.55 bits per heavy atom. The molecule has 0 radical (unpaired) electrons. The van der Waals surface area contributed by atoms with Crippen LogP contribution in [0.15, 0.2) is 23.2 Å². The van der Waals surface area contributed by atoms with E-state index in [4.69, 9.17) is 4.74 Å². The molecular weight excluding hydrogens is 278 g/mol. The van der Waals surface area contributed by atoms with Crippen LogP contribution in [-0.4, -0.2) is 50.6 Å². The summed E-state index contributed by atoms with van der Waals surface area (Å²) in [5.41, 5.74) is 0. The standard InChI is InChI=1S/C13H21N3O3S/c1-3-16(10-11-5-4-8-19-11)20(17,18)12-6-7-15-13(9-12)14-2/h6-7,9,11H,3-5,8,10H2,1-2H3,(H,14,15). The second-order valence-electron chi connectivity index (χ2n) is 4.72. The zero-order valence-electron chi connectivity index (χ0n) is 11.9. The number of ether oxygens (including phenoxy) is 1. The van der Waals surface area contributed by atoms with Gasteiger partial charge >= 0.3 is 0 Å². The first-order chi connectivity index (χ1) is 9.57. The van der Waals surface area contributed by atoms with Crippen LogP contribution in [0.5, 0.6) is 0 Å². The lowest BCUT2D eigenvalue weighted by molar-refractivity contribution is 0.0947. The number of nitrogens with zero attached hydrogens (tertiary/aromatic N) is 2. The van der Waals surface area contributed by atoms with Gasteiger partial charge in [0.2, 0.25) is 10.0 Å². The third kappa shape index (κ3) is 3.28. The van der Waals surface area contributed by atoms with Gasteiger partial charge in [-0.05, 0) is 18.9 Å². The smallest absolute Gasteiger partial charge is 0.243 e. The molecule has 0 saturated carbocycles. The van der Waals surface area contributed by atoms with E-state index in [1.165, 1.54) is 16.6 Å². The molecule has 0 amide bonds. The second-order valence-corrected chi connectivity index (χ2v) is 6.66. The number of aromatic nitrogens is 1. The molecule has 112 valence electrons. The third-order valence-corrected chi connectivity index (χ3v) is 5.35. The van der Waals surface area contributed by atoms with Gasteiger partial charge in [-0.1, -0.05) is 6.92 Å². The quantitative estimate of drug-likeness (QED) is 0.857. The van der Waals surface area contributed by atoms with E-state index in [0.717, 1.165) is 19.4 Å². The van der Waals surface area contributed by atoms with Crippen molar-refractivity contribution in [2.75, 3.05) is 32.1 Å². The maximum Gasteiger partial charge on any atom is 0.243 e. The maximum atomic E-state index is 12.6. The number of sulfonamides is 1. The molecule has 1 unspecified atom stereocenters. The number of rotatable bonds is 6. The van der Waals surface area contributed by atoms with E-state index >= 15 is 0 Å². The Hall–Kier alpha value is -1.18. The Labute approximate surface area is 120 Å². The zero-order valence-corrected chi connectivity index (χ0v) is 12.7. The molecule has 0 aliphatic carbocycles. The molecule has 6 nitrogen and oxygen atoms in total. The van der Waals surface area contributed by atoms with Crippen LogP contribution in [0.2, 0.25) is 0 Å². The molecule has 1 atom stereocenters. The van der Waals surface area contributed by atoms with Gasteiger partial charge < -0.3 is 10.1 Å². The van der Waals surface area contributed by atoms with Gasteiger partial charge in [-0.15, -0.1) is 0 Å². The summed E-state index contributed by atoms with van der Waals surface area (Å²) in [7, 11) is -1.79. The molecule has 7 heteroatoms. The predicted octanol–water partition coefficient (Wildman–Crippen LogP) is 1.31. The molecule has 2 rings (SSSR count). The SMILES string of the molecule is CCN(CC1CCCO1)S(=O)(=O)c1ccnc(NC)c1. The van der Waals surface area contributed by atoms with Crippen molar-refractivity contribution in [2.45, 2.75) is 30.8 Å². The normalized spacial score (nSPS) is 19.4. The minimum Gasteiger partial charge on any atom is -0.377 e. The first-order valence-electron chi connectivity index (χ1n) is 6.83. The Morgan fingerprint density at radius 3 is 2.95 bits per heavy atom. The molecule has 0 bridgehead atoms. The van der Waals surface area contributed by atoms with Crippen LogP contribution in [0.25, 0.3) is 0 Å².